The highest BCUT2D eigenvalue weighted by atomic mass is 16.5. The largest absolute Gasteiger partial charge is 0.488 e. The van der Waals surface area contributed by atoms with Crippen LogP contribution in [0.3, 0.4) is 0 Å². The summed E-state index contributed by atoms with van der Waals surface area (Å²) in [6.45, 7) is 0.460. The van der Waals surface area contributed by atoms with E-state index < -0.39 is 0 Å². The van der Waals surface area contributed by atoms with Gasteiger partial charge in [-0.1, -0.05) is 24.3 Å². The number of benzene rings is 2. The van der Waals surface area contributed by atoms with Crippen LogP contribution in [0.25, 0.3) is 10.9 Å². The highest BCUT2D eigenvalue weighted by molar-refractivity contribution is 6.00. The van der Waals surface area contributed by atoms with Gasteiger partial charge >= 0.3 is 6.03 Å². The normalized spacial score (nSPS) is 15.9. The van der Waals surface area contributed by atoms with E-state index in [9.17, 15) is 4.79 Å². The molecule has 23 heavy (non-hydrogen) atoms. The van der Waals surface area contributed by atoms with E-state index in [1.165, 1.54) is 5.56 Å². The Bertz CT molecular complexity index is 833. The van der Waals surface area contributed by atoms with E-state index in [4.69, 9.17) is 4.74 Å². The van der Waals surface area contributed by atoms with Crippen LogP contribution in [0.4, 0.5) is 10.5 Å². The summed E-state index contributed by atoms with van der Waals surface area (Å²) in [6.07, 6.45) is 2.48. The van der Waals surface area contributed by atoms with Crippen molar-refractivity contribution in [2.24, 2.45) is 0 Å². The maximum atomic E-state index is 12.1. The predicted octanol–water partition coefficient (Wildman–Crippen LogP) is 2.69. The lowest BCUT2D eigenvalue weighted by Crippen LogP contribution is -2.37. The maximum absolute atomic E-state index is 12.1. The number of nitrogens with one attached hydrogen (secondary N) is 3. The number of anilines is 1. The van der Waals surface area contributed by atoms with E-state index in [0.717, 1.165) is 28.8 Å². The van der Waals surface area contributed by atoms with Crippen molar-refractivity contribution in [1.29, 1.82) is 0 Å². The van der Waals surface area contributed by atoms with Crippen molar-refractivity contribution >= 4 is 22.6 Å². The van der Waals surface area contributed by atoms with Gasteiger partial charge in [0, 0.05) is 11.8 Å². The van der Waals surface area contributed by atoms with Crippen LogP contribution in [0.15, 0.2) is 48.7 Å². The highest BCUT2D eigenvalue weighted by Crippen LogP contribution is 2.27. The summed E-state index contributed by atoms with van der Waals surface area (Å²) < 4.78 is 5.81. The van der Waals surface area contributed by atoms with Gasteiger partial charge in [-0.25, -0.2) is 4.79 Å². The molecule has 6 heteroatoms. The van der Waals surface area contributed by atoms with Gasteiger partial charge in [0.05, 0.1) is 23.9 Å². The minimum absolute atomic E-state index is 0.0251. The molecule has 2 amide bonds. The van der Waals surface area contributed by atoms with Crippen molar-refractivity contribution < 1.29 is 9.53 Å². The number of carbonyl (C=O) groups excluding carboxylic acids is 1. The molecule has 4 rings (SSSR count). The van der Waals surface area contributed by atoms with Gasteiger partial charge in [-0.15, -0.1) is 0 Å². The Hall–Kier alpha value is -3.02. The number of carbonyl (C=O) groups is 1. The van der Waals surface area contributed by atoms with Crippen LogP contribution in [-0.4, -0.2) is 28.9 Å². The molecule has 0 spiro atoms. The summed E-state index contributed by atoms with van der Waals surface area (Å²) in [5.74, 6) is 0.905. The fourth-order valence-electron chi connectivity index (χ4n) is 2.82. The molecule has 1 atom stereocenters. The number of fused-ring (bicyclic) bond motifs is 2. The molecule has 2 heterocycles. The van der Waals surface area contributed by atoms with E-state index >= 15 is 0 Å². The summed E-state index contributed by atoms with van der Waals surface area (Å²) in [5, 5.41) is 13.5. The quantitative estimate of drug-likeness (QED) is 0.696. The first-order chi connectivity index (χ1) is 11.3. The number of hydrogen-bond acceptors (Lipinski definition) is 3. The molecule has 2 aromatic carbocycles. The smallest absolute Gasteiger partial charge is 0.319 e. The average Bonchev–Trinajstić information content (AvgIpc) is 3.19. The van der Waals surface area contributed by atoms with Crippen LogP contribution < -0.4 is 15.4 Å². The Labute approximate surface area is 132 Å². The molecule has 3 aromatic rings. The van der Waals surface area contributed by atoms with Crippen molar-refractivity contribution in [2.45, 2.75) is 12.5 Å². The number of para-hydroxylation sites is 1. The third-order valence-corrected chi connectivity index (χ3v) is 3.94. The molecule has 0 saturated heterocycles. The van der Waals surface area contributed by atoms with Crippen molar-refractivity contribution in [1.82, 2.24) is 15.5 Å². The molecule has 6 nitrogen and oxygen atoms in total. The Balaban J connectivity index is 1.36. The SMILES string of the molecule is O=C(NCC1Cc2ccccc2O1)Nc1cccc2[nH]ncc12. The minimum atomic E-state index is -0.252. The van der Waals surface area contributed by atoms with Crippen LogP contribution in [0.1, 0.15) is 5.56 Å². The van der Waals surface area contributed by atoms with Crippen molar-refractivity contribution in [3.8, 4) is 5.75 Å². The van der Waals surface area contributed by atoms with Crippen LogP contribution in [0.5, 0.6) is 5.75 Å². The molecule has 116 valence electrons. The van der Waals surface area contributed by atoms with E-state index in [0.29, 0.717) is 6.54 Å². The number of aromatic amines is 1. The Morgan fingerprint density at radius 2 is 2.17 bits per heavy atom. The van der Waals surface area contributed by atoms with Crippen molar-refractivity contribution in [3.05, 3.63) is 54.2 Å². The second-order valence-corrected chi connectivity index (χ2v) is 5.52. The first-order valence-corrected chi connectivity index (χ1v) is 7.51. The maximum Gasteiger partial charge on any atom is 0.319 e. The Kier molecular flexibility index (Phi) is 3.34. The van der Waals surface area contributed by atoms with Crippen molar-refractivity contribution in [2.75, 3.05) is 11.9 Å². The second-order valence-electron chi connectivity index (χ2n) is 5.52. The molecule has 0 radical (unpaired) electrons. The minimum Gasteiger partial charge on any atom is -0.488 e. The van der Waals surface area contributed by atoms with Gasteiger partial charge in [0.25, 0.3) is 0 Å². The lowest BCUT2D eigenvalue weighted by molar-refractivity contribution is 0.219. The molecule has 0 bridgehead atoms. The number of rotatable bonds is 3. The number of hydrogen-bond donors (Lipinski definition) is 3. The fraction of sp³-hybridized carbons (Fsp3) is 0.176. The number of nitrogens with zero attached hydrogens (tertiary/aromatic N) is 1. The average molecular weight is 308 g/mol. The summed E-state index contributed by atoms with van der Waals surface area (Å²) in [4.78, 5) is 12.1. The zero-order valence-corrected chi connectivity index (χ0v) is 12.4. The zero-order valence-electron chi connectivity index (χ0n) is 12.4. The third-order valence-electron chi connectivity index (χ3n) is 3.94. The molecule has 0 aliphatic carbocycles. The summed E-state index contributed by atoms with van der Waals surface area (Å²) in [5.41, 5.74) is 2.80. The van der Waals surface area contributed by atoms with Gasteiger partial charge in [-0.3, -0.25) is 5.10 Å². The first-order valence-electron chi connectivity index (χ1n) is 7.51. The molecular weight excluding hydrogens is 292 g/mol. The van der Waals surface area contributed by atoms with Gasteiger partial charge in [-0.05, 0) is 23.8 Å². The first kappa shape index (κ1) is 13.6. The molecule has 1 unspecified atom stereocenters. The van der Waals surface area contributed by atoms with Gasteiger partial charge in [-0.2, -0.15) is 5.10 Å². The molecule has 1 aliphatic rings. The molecule has 1 aromatic heterocycles. The van der Waals surface area contributed by atoms with Gasteiger partial charge in [0.15, 0.2) is 0 Å². The number of urea groups is 1. The lowest BCUT2D eigenvalue weighted by Gasteiger charge is -2.13. The van der Waals surface area contributed by atoms with E-state index in [1.807, 2.05) is 36.4 Å². The lowest BCUT2D eigenvalue weighted by atomic mass is 10.1. The molecule has 3 N–H and O–H groups in total. The Morgan fingerprint density at radius 1 is 1.26 bits per heavy atom. The van der Waals surface area contributed by atoms with Gasteiger partial charge in [0.1, 0.15) is 11.9 Å². The number of ether oxygens (including phenoxy) is 1. The van der Waals surface area contributed by atoms with Gasteiger partial charge in [0.2, 0.25) is 0 Å². The predicted molar refractivity (Wildman–Crippen MR) is 87.7 cm³/mol. The summed E-state index contributed by atoms with van der Waals surface area (Å²) in [6, 6.07) is 13.3. The van der Waals surface area contributed by atoms with E-state index in [-0.39, 0.29) is 12.1 Å². The molecule has 0 fully saturated rings. The monoisotopic (exact) mass is 308 g/mol. The molecule has 1 aliphatic heterocycles. The van der Waals surface area contributed by atoms with Crippen LogP contribution in [-0.2, 0) is 6.42 Å². The van der Waals surface area contributed by atoms with E-state index in [1.54, 1.807) is 6.20 Å². The Morgan fingerprint density at radius 3 is 3.09 bits per heavy atom. The number of H-pyrrole nitrogens is 1. The van der Waals surface area contributed by atoms with Crippen LogP contribution in [0, 0.1) is 0 Å². The summed E-state index contributed by atoms with van der Waals surface area (Å²) in [7, 11) is 0. The van der Waals surface area contributed by atoms with E-state index in [2.05, 4.69) is 26.9 Å². The van der Waals surface area contributed by atoms with Crippen LogP contribution in [0.2, 0.25) is 0 Å². The molecule has 0 saturated carbocycles. The van der Waals surface area contributed by atoms with Gasteiger partial charge < -0.3 is 15.4 Å². The zero-order chi connectivity index (χ0) is 15.6. The highest BCUT2D eigenvalue weighted by Gasteiger charge is 2.22. The molecular formula is C17H16N4O2. The number of amides is 2. The van der Waals surface area contributed by atoms with Crippen LogP contribution >= 0.6 is 0 Å². The topological polar surface area (TPSA) is 79.0 Å². The standard InChI is InChI=1S/C17H16N4O2/c22-17(20-14-5-3-6-15-13(14)10-19-21-15)18-9-12-8-11-4-1-2-7-16(11)23-12/h1-7,10,12H,8-9H2,(H,19,21)(H2,18,20,22). The number of aromatic nitrogens is 2. The second kappa shape index (κ2) is 5.64. The van der Waals surface area contributed by atoms with Crippen molar-refractivity contribution in [3.63, 3.8) is 0 Å². The fourth-order valence-corrected chi connectivity index (χ4v) is 2.82. The summed E-state index contributed by atoms with van der Waals surface area (Å²) >= 11 is 0. The third kappa shape index (κ3) is 2.70.